The molecule has 1 saturated heterocycles. The first-order valence-electron chi connectivity index (χ1n) is 26.1. The van der Waals surface area contributed by atoms with Crippen LogP contribution in [0.5, 0.6) is 11.5 Å². The average Bonchev–Trinajstić information content (AvgIpc) is 3.67. The number of hydrogen-bond acceptors (Lipinski definition) is 16. The highest BCUT2D eigenvalue weighted by atomic mass is 32.2. The van der Waals surface area contributed by atoms with Crippen LogP contribution in [0, 0.1) is 24.0 Å². The molecule has 0 aliphatic carbocycles. The van der Waals surface area contributed by atoms with Crippen molar-refractivity contribution in [2.75, 3.05) is 44.1 Å². The van der Waals surface area contributed by atoms with Crippen molar-refractivity contribution in [3.63, 3.8) is 0 Å². The van der Waals surface area contributed by atoms with Gasteiger partial charge in [-0.05, 0) is 70.8 Å². The van der Waals surface area contributed by atoms with Crippen LogP contribution in [0.2, 0.25) is 0 Å². The zero-order valence-electron chi connectivity index (χ0n) is 45.4. The van der Waals surface area contributed by atoms with Gasteiger partial charge >= 0.3 is 0 Å². The first kappa shape index (κ1) is 58.1. The first-order valence-corrected chi connectivity index (χ1v) is 29.0. The summed E-state index contributed by atoms with van der Waals surface area (Å²) in [7, 11) is -2.16. The Balaban J connectivity index is 0.802. The summed E-state index contributed by atoms with van der Waals surface area (Å²) in [6.45, 7) is 6.93. The van der Waals surface area contributed by atoms with Gasteiger partial charge in [0.15, 0.2) is 21.5 Å². The molecule has 3 aromatic carbocycles. The highest BCUT2D eigenvalue weighted by Gasteiger charge is 2.44. The van der Waals surface area contributed by atoms with Crippen LogP contribution in [-0.2, 0) is 61.3 Å². The lowest BCUT2D eigenvalue weighted by molar-refractivity contribution is -0.144. The Morgan fingerprint density at radius 3 is 2.48 bits per heavy atom. The predicted octanol–water partition coefficient (Wildman–Crippen LogP) is 5.57. The molecule has 7 aromatic rings. The number of aromatic nitrogens is 4. The number of aromatic amines is 1. The van der Waals surface area contributed by atoms with E-state index in [1.54, 1.807) is 69.2 Å². The molecular weight excluding hydrogens is 1090 g/mol. The van der Waals surface area contributed by atoms with E-state index in [0.717, 1.165) is 34.2 Å². The maximum atomic E-state index is 15.6. The number of rotatable bonds is 20. The lowest BCUT2D eigenvalue weighted by Crippen LogP contribution is -2.58. The Morgan fingerprint density at radius 1 is 1.01 bits per heavy atom. The van der Waals surface area contributed by atoms with Crippen LogP contribution in [-0.4, -0.2) is 123 Å². The minimum atomic E-state index is -3.72. The van der Waals surface area contributed by atoms with Crippen molar-refractivity contribution in [3.8, 4) is 33.1 Å². The molecule has 3 amide bonds. The van der Waals surface area contributed by atoms with Crippen LogP contribution in [0.3, 0.4) is 0 Å². The summed E-state index contributed by atoms with van der Waals surface area (Å²) in [5.74, 6) is -4.01. The summed E-state index contributed by atoms with van der Waals surface area (Å²) in [6.07, 6.45) is 2.95. The number of β-amino-alcohol motifs (C(OH)–C–C–N with tert-alkyl or cyclic N) is 1. The van der Waals surface area contributed by atoms with E-state index < -0.39 is 81.4 Å². The molecule has 7 N–H and O–H groups in total. The molecule has 81 heavy (non-hydrogen) atoms. The summed E-state index contributed by atoms with van der Waals surface area (Å²) < 4.78 is 68.6. The number of aromatic hydroxyl groups is 1. The predicted molar refractivity (Wildman–Crippen MR) is 300 cm³/mol. The van der Waals surface area contributed by atoms with Gasteiger partial charge in [0.2, 0.25) is 17.7 Å². The summed E-state index contributed by atoms with van der Waals surface area (Å²) in [4.78, 5) is 69.5. The number of aliphatic hydroxyl groups excluding tert-OH is 2. The summed E-state index contributed by atoms with van der Waals surface area (Å²) in [5, 5.41) is 42.1. The maximum Gasteiger partial charge on any atom is 0.274 e. The number of aryl methyl sites for hydroxylation is 2. The number of phenolic OH excluding ortho intramolecular Hbond substituents is 1. The van der Waals surface area contributed by atoms with E-state index in [1.807, 2.05) is 31.2 Å². The number of carbonyl (C=O) groups excluding carboxylic acids is 3. The minimum absolute atomic E-state index is 0.00117. The number of aliphatic hydroxyl groups is 2. The van der Waals surface area contributed by atoms with Crippen LogP contribution < -0.4 is 31.1 Å². The number of pyridine rings is 2. The second-order valence-electron chi connectivity index (χ2n) is 21.5. The lowest BCUT2D eigenvalue weighted by Gasteiger charge is -2.35. The molecule has 2 aliphatic rings. The van der Waals surface area contributed by atoms with Crippen molar-refractivity contribution in [2.45, 2.75) is 83.8 Å². The molecule has 6 heterocycles. The number of amides is 3. The molecule has 2 aliphatic heterocycles. The zero-order chi connectivity index (χ0) is 58.1. The highest BCUT2D eigenvalue weighted by molar-refractivity contribution is 7.89. The maximum absolute atomic E-state index is 15.6. The molecule has 9 rings (SSSR count). The molecule has 4 aromatic heterocycles. The van der Waals surface area contributed by atoms with Gasteiger partial charge in [-0.15, -0.1) is 11.3 Å². The van der Waals surface area contributed by atoms with Crippen LogP contribution in [0.15, 0.2) is 89.6 Å². The number of fused-ring (bicyclic) bond motifs is 2. The normalized spacial score (nSPS) is 16.0. The molecule has 428 valence electrons. The molecule has 1 fully saturated rings. The fourth-order valence-electron chi connectivity index (χ4n) is 10.2. The molecule has 24 heteroatoms. The van der Waals surface area contributed by atoms with Crippen LogP contribution in [0.25, 0.3) is 32.5 Å². The fourth-order valence-corrected chi connectivity index (χ4v) is 11.9. The van der Waals surface area contributed by atoms with Gasteiger partial charge in [-0.2, -0.15) is 0 Å². The summed E-state index contributed by atoms with van der Waals surface area (Å²) >= 11 is 1.54. The number of likely N-dealkylation sites (tertiary alicyclic amines) is 1. The van der Waals surface area contributed by atoms with Gasteiger partial charge in [0, 0.05) is 86.0 Å². The number of thiazole rings is 1. The standard InChI is InChI=1S/C57H63F2N9O11S2/c1-31-50(80-30-64-31)34-9-7-32(8-10-34)22-63-54(73)46-20-39(70)26-68(46)56(75)51(57(2,3)4)65-47(71)28-78-13-11-33-15-38(69)19-40(16-33)79-14-12-60-53(72)41-21-45-42(17-35(41)29-81(6,76)77)43-27-66(5)55(74)49-48(43)36(23-61-49)25-67(45)52-44(59)18-37(58)24-62-52/h7-10,15-19,21,23-24,27,30,39,46,51,53,60-61,69-70,72H,11-14,20,22,25-26,28-29H2,1-6H3,(H,63,73)(H,65,71)/t39-,46+,51-,53?/m1/s1. The van der Waals surface area contributed by atoms with Crippen molar-refractivity contribution in [1.29, 1.82) is 0 Å². The van der Waals surface area contributed by atoms with E-state index in [0.29, 0.717) is 39.4 Å². The van der Waals surface area contributed by atoms with E-state index in [2.05, 4.69) is 30.9 Å². The Kier molecular flexibility index (Phi) is 17.1. The van der Waals surface area contributed by atoms with Crippen LogP contribution in [0.4, 0.5) is 20.3 Å². The average molecular weight is 1150 g/mol. The molecule has 0 spiro atoms. The number of H-pyrrole nitrogens is 1. The fraction of sp³-hybridized carbons (Fsp3) is 0.368. The SMILES string of the molecule is Cc1ncsc1-c1ccc(CNC(=O)[C@@H]2C[C@@H](O)CN2C(=O)[C@@H](NC(=O)COCCc2cc(O)cc(OCCNC(O)c3cc4c(cc3CS(C)(=O)=O)-c3cn(C)c(=O)c5[nH]cc(c35)CN4c3ncc(F)cc3F)c2)C(C)(C)C)cc1. The van der Waals surface area contributed by atoms with Gasteiger partial charge in [0.25, 0.3) is 5.56 Å². The largest absolute Gasteiger partial charge is 0.508 e. The van der Waals surface area contributed by atoms with E-state index in [9.17, 15) is 47.3 Å². The van der Waals surface area contributed by atoms with E-state index >= 15 is 4.39 Å². The van der Waals surface area contributed by atoms with Gasteiger partial charge in [0.05, 0.1) is 53.0 Å². The number of anilines is 2. The third-order valence-electron chi connectivity index (χ3n) is 14.2. The van der Waals surface area contributed by atoms with E-state index in [1.165, 1.54) is 32.6 Å². The monoisotopic (exact) mass is 1150 g/mol. The topological polar surface area (TPSA) is 271 Å². The van der Waals surface area contributed by atoms with Gasteiger partial charge in [-0.1, -0.05) is 45.0 Å². The quantitative estimate of drug-likeness (QED) is 0.0363. The minimum Gasteiger partial charge on any atom is -0.508 e. The smallest absolute Gasteiger partial charge is 0.274 e. The van der Waals surface area contributed by atoms with Crippen LogP contribution >= 0.6 is 11.3 Å². The molecule has 0 saturated carbocycles. The third-order valence-corrected chi connectivity index (χ3v) is 16.0. The molecule has 1 unspecified atom stereocenters. The van der Waals surface area contributed by atoms with Gasteiger partial charge < -0.3 is 54.8 Å². The number of hydrogen-bond donors (Lipinski definition) is 7. The Bertz CT molecular complexity index is 3700. The summed E-state index contributed by atoms with van der Waals surface area (Å²) in [6, 6.07) is 14.0. The second kappa shape index (κ2) is 23.8. The number of halogens is 2. The van der Waals surface area contributed by atoms with Gasteiger partial charge in [-0.3, -0.25) is 24.5 Å². The molecule has 0 radical (unpaired) electrons. The van der Waals surface area contributed by atoms with Crippen molar-refractivity contribution in [3.05, 3.63) is 140 Å². The number of nitrogens with zero attached hydrogens (tertiary/aromatic N) is 5. The van der Waals surface area contributed by atoms with Crippen molar-refractivity contribution in [1.82, 2.24) is 40.4 Å². The van der Waals surface area contributed by atoms with Crippen molar-refractivity contribution >= 4 is 61.3 Å². The third kappa shape index (κ3) is 13.3. The number of ether oxygens (including phenoxy) is 2. The number of sulfone groups is 1. The van der Waals surface area contributed by atoms with Gasteiger partial charge in [-0.25, -0.2) is 27.2 Å². The molecule has 20 nitrogen and oxygen atoms in total. The van der Waals surface area contributed by atoms with Crippen molar-refractivity contribution < 1.29 is 56.4 Å². The number of carbonyl (C=O) groups is 3. The highest BCUT2D eigenvalue weighted by Crippen LogP contribution is 2.46. The molecular formula is C57H63F2N9O11S2. The molecule has 0 bridgehead atoms. The van der Waals surface area contributed by atoms with E-state index in [-0.39, 0.29) is 91.8 Å². The Hall–Kier alpha value is -7.61. The Labute approximate surface area is 469 Å². The zero-order valence-corrected chi connectivity index (χ0v) is 47.0. The number of nitrogens with one attached hydrogen (secondary N) is 4. The van der Waals surface area contributed by atoms with E-state index in [4.69, 9.17) is 9.47 Å². The number of benzene rings is 3. The second-order valence-corrected chi connectivity index (χ2v) is 24.5. The first-order chi connectivity index (χ1) is 38.4. The molecule has 4 atom stereocenters. The Morgan fingerprint density at radius 2 is 1.78 bits per heavy atom. The van der Waals surface area contributed by atoms with Crippen LogP contribution in [0.1, 0.15) is 66.9 Å². The van der Waals surface area contributed by atoms with Crippen molar-refractivity contribution in [2.24, 2.45) is 12.5 Å². The summed E-state index contributed by atoms with van der Waals surface area (Å²) in [5.41, 5.74) is 6.47. The van der Waals surface area contributed by atoms with Gasteiger partial charge in [0.1, 0.15) is 54.4 Å². The lowest BCUT2D eigenvalue weighted by atomic mass is 9.85. The number of phenols is 1.